The van der Waals surface area contributed by atoms with Gasteiger partial charge in [-0.3, -0.25) is 0 Å². The van der Waals surface area contributed by atoms with Crippen molar-refractivity contribution < 1.29 is 9.12 Å². The van der Waals surface area contributed by atoms with Gasteiger partial charge in [-0.05, 0) is 0 Å². The molecule has 1 aromatic heterocycles. The number of halogens is 1. The highest BCUT2D eigenvalue weighted by Gasteiger charge is 1.90. The monoisotopic (exact) mass is 112 g/mol. The van der Waals surface area contributed by atoms with Crippen LogP contribution in [0.4, 0.5) is 4.39 Å². The van der Waals surface area contributed by atoms with Gasteiger partial charge in [-0.15, -0.1) is 0 Å². The fourth-order valence-electron chi connectivity index (χ4n) is 0.382. The van der Waals surface area contributed by atoms with E-state index in [-0.39, 0.29) is 0 Å². The van der Waals surface area contributed by atoms with E-state index >= 15 is 0 Å². The minimum absolute atomic E-state index is 0.381. The Bertz CT molecular complexity index is 172. The van der Waals surface area contributed by atoms with Gasteiger partial charge in [0.2, 0.25) is 6.20 Å². The Morgan fingerprint density at radius 3 is 2.88 bits per heavy atom. The lowest BCUT2D eigenvalue weighted by atomic mass is 10.5. The highest BCUT2D eigenvalue weighted by atomic mass is 19.1. The van der Waals surface area contributed by atoms with E-state index in [4.69, 9.17) is 0 Å². The molecule has 2 nitrogen and oxygen atoms in total. The number of aromatic nitrogens is 1. The molecule has 0 N–H and O–H groups in total. The number of nitrogens with zero attached hydrogens (tertiary/aromatic N) is 1. The third-order valence-corrected chi connectivity index (χ3v) is 0.683. The topological polar surface area (TPSA) is 26.9 Å². The SMILES string of the molecule is [O-][n+]1cc[c]c(F)c1. The summed E-state index contributed by atoms with van der Waals surface area (Å²) in [5.41, 5.74) is 0. The van der Waals surface area contributed by atoms with Crippen LogP contribution in [0.25, 0.3) is 0 Å². The maximum atomic E-state index is 11.9. The molecule has 0 atom stereocenters. The summed E-state index contributed by atoms with van der Waals surface area (Å²) < 4.78 is 12.3. The van der Waals surface area contributed by atoms with Crippen molar-refractivity contribution in [2.45, 2.75) is 0 Å². The van der Waals surface area contributed by atoms with Crippen molar-refractivity contribution in [2.24, 2.45) is 0 Å². The summed E-state index contributed by atoms with van der Waals surface area (Å²) >= 11 is 0. The van der Waals surface area contributed by atoms with E-state index in [1.807, 2.05) is 0 Å². The van der Waals surface area contributed by atoms with E-state index in [0.717, 1.165) is 6.20 Å². The van der Waals surface area contributed by atoms with Gasteiger partial charge in [0.25, 0.3) is 0 Å². The lowest BCUT2D eigenvalue weighted by Crippen LogP contribution is -2.24. The Kier molecular flexibility index (Phi) is 1.12. The molecule has 3 heteroatoms. The number of hydrogen-bond donors (Lipinski definition) is 0. The van der Waals surface area contributed by atoms with Crippen LogP contribution in [0.5, 0.6) is 0 Å². The minimum Gasteiger partial charge on any atom is -0.619 e. The van der Waals surface area contributed by atoms with Gasteiger partial charge in [0, 0.05) is 12.1 Å². The van der Waals surface area contributed by atoms with Crippen LogP contribution in [0.15, 0.2) is 18.5 Å². The van der Waals surface area contributed by atoms with Gasteiger partial charge >= 0.3 is 0 Å². The zero-order valence-electron chi connectivity index (χ0n) is 3.97. The fraction of sp³-hybridized carbons (Fsp3) is 0. The fourth-order valence-corrected chi connectivity index (χ4v) is 0.382. The average molecular weight is 112 g/mol. The predicted molar refractivity (Wildman–Crippen MR) is 24.2 cm³/mol. The predicted octanol–water partition coefficient (Wildman–Crippen LogP) is 0.259. The van der Waals surface area contributed by atoms with E-state index < -0.39 is 5.82 Å². The lowest BCUT2D eigenvalue weighted by Gasteiger charge is -1.90. The first-order valence-corrected chi connectivity index (χ1v) is 2.05. The molecule has 1 aromatic rings. The second-order valence-electron chi connectivity index (χ2n) is 1.30. The molecule has 1 heterocycles. The molecule has 0 bridgehead atoms. The highest BCUT2D eigenvalue weighted by Crippen LogP contribution is 1.85. The minimum atomic E-state index is -0.637. The Balaban J connectivity index is 3.08. The second kappa shape index (κ2) is 1.78. The molecule has 41 valence electrons. The molecule has 0 unspecified atom stereocenters. The van der Waals surface area contributed by atoms with E-state index in [2.05, 4.69) is 6.07 Å². The highest BCUT2D eigenvalue weighted by molar-refractivity contribution is 4.85. The Morgan fingerprint density at radius 1 is 1.75 bits per heavy atom. The third kappa shape index (κ3) is 0.932. The van der Waals surface area contributed by atoms with E-state index in [0.29, 0.717) is 4.73 Å². The summed E-state index contributed by atoms with van der Waals surface area (Å²) in [5.74, 6) is -0.637. The first-order valence-electron chi connectivity index (χ1n) is 2.05. The van der Waals surface area contributed by atoms with Gasteiger partial charge in [0.15, 0.2) is 12.0 Å². The zero-order valence-corrected chi connectivity index (χ0v) is 3.97. The molecule has 0 saturated carbocycles. The third-order valence-electron chi connectivity index (χ3n) is 0.683. The van der Waals surface area contributed by atoms with Crippen LogP contribution in [-0.4, -0.2) is 0 Å². The molecule has 0 spiro atoms. The molecule has 8 heavy (non-hydrogen) atoms. The molecular formula is C5H3FNO. The molecule has 0 amide bonds. The van der Waals surface area contributed by atoms with Gasteiger partial charge in [-0.25, -0.2) is 0 Å². The van der Waals surface area contributed by atoms with Crippen LogP contribution < -0.4 is 4.73 Å². The molecule has 1 rings (SSSR count). The van der Waals surface area contributed by atoms with Crippen LogP contribution in [0.2, 0.25) is 0 Å². The van der Waals surface area contributed by atoms with E-state index in [1.54, 1.807) is 0 Å². The Morgan fingerprint density at radius 2 is 2.50 bits per heavy atom. The largest absolute Gasteiger partial charge is 0.619 e. The molecule has 1 radical (unpaired) electrons. The molecule has 0 aromatic carbocycles. The van der Waals surface area contributed by atoms with Crippen molar-refractivity contribution in [1.82, 2.24) is 0 Å². The van der Waals surface area contributed by atoms with Crippen LogP contribution >= 0.6 is 0 Å². The van der Waals surface area contributed by atoms with Crippen LogP contribution in [-0.2, 0) is 0 Å². The molecule has 0 fully saturated rings. The number of hydrogen-bond acceptors (Lipinski definition) is 1. The molecule has 0 saturated heterocycles. The summed E-state index contributed by atoms with van der Waals surface area (Å²) in [6.45, 7) is 0. The second-order valence-corrected chi connectivity index (χ2v) is 1.30. The zero-order chi connectivity index (χ0) is 5.98. The molecular weight excluding hydrogens is 109 g/mol. The van der Waals surface area contributed by atoms with Crippen molar-refractivity contribution in [3.05, 3.63) is 35.6 Å². The van der Waals surface area contributed by atoms with Gasteiger partial charge in [-0.1, -0.05) is 0 Å². The normalized spacial score (nSPS) is 9.12. The van der Waals surface area contributed by atoms with Crippen molar-refractivity contribution in [3.63, 3.8) is 0 Å². The first kappa shape index (κ1) is 5.03. The summed E-state index contributed by atoms with van der Waals surface area (Å²) in [6.07, 6.45) is 1.98. The Hall–Kier alpha value is -1.12. The van der Waals surface area contributed by atoms with Crippen molar-refractivity contribution in [2.75, 3.05) is 0 Å². The quantitative estimate of drug-likeness (QED) is 0.349. The lowest BCUT2D eigenvalue weighted by molar-refractivity contribution is -0.607. The smallest absolute Gasteiger partial charge is 0.216 e. The van der Waals surface area contributed by atoms with Gasteiger partial charge < -0.3 is 5.21 Å². The Labute approximate surface area is 45.8 Å². The maximum absolute atomic E-state index is 11.9. The van der Waals surface area contributed by atoms with Crippen molar-refractivity contribution in [3.8, 4) is 0 Å². The molecule has 0 aliphatic rings. The van der Waals surface area contributed by atoms with Crippen molar-refractivity contribution >= 4 is 0 Å². The standard InChI is InChI=1S/C5H3FNO/c6-5-2-1-3-7(8)4-5/h1,3-4H. The maximum Gasteiger partial charge on any atom is 0.216 e. The van der Waals surface area contributed by atoms with Crippen LogP contribution in [0, 0.1) is 17.1 Å². The van der Waals surface area contributed by atoms with E-state index in [9.17, 15) is 9.60 Å². The molecule has 0 aliphatic heterocycles. The summed E-state index contributed by atoms with van der Waals surface area (Å²) in [7, 11) is 0. The van der Waals surface area contributed by atoms with E-state index in [1.165, 1.54) is 12.3 Å². The van der Waals surface area contributed by atoms with Gasteiger partial charge in [-0.2, -0.15) is 9.12 Å². The van der Waals surface area contributed by atoms with Gasteiger partial charge in [0.05, 0.1) is 0 Å². The number of pyridine rings is 1. The average Bonchev–Trinajstić information content (AvgIpc) is 1.64. The molecule has 0 aliphatic carbocycles. The van der Waals surface area contributed by atoms with Crippen molar-refractivity contribution in [1.29, 1.82) is 0 Å². The number of rotatable bonds is 0. The summed E-state index contributed by atoms with van der Waals surface area (Å²) in [6, 6.07) is 3.41. The van der Waals surface area contributed by atoms with Crippen LogP contribution in [0.3, 0.4) is 0 Å². The van der Waals surface area contributed by atoms with Gasteiger partial charge in [0.1, 0.15) is 0 Å². The first-order chi connectivity index (χ1) is 3.79. The summed E-state index contributed by atoms with van der Waals surface area (Å²) in [4.78, 5) is 0. The summed E-state index contributed by atoms with van der Waals surface area (Å²) in [5, 5.41) is 10.1. The van der Waals surface area contributed by atoms with Crippen LogP contribution in [0.1, 0.15) is 0 Å².